The summed E-state index contributed by atoms with van der Waals surface area (Å²) in [7, 11) is 0. The molecule has 176 valence electrons. The van der Waals surface area contributed by atoms with Crippen molar-refractivity contribution in [3.05, 3.63) is 94.9 Å². The fourth-order valence-corrected chi connectivity index (χ4v) is 5.57. The number of aryl methyl sites for hydroxylation is 1. The van der Waals surface area contributed by atoms with Gasteiger partial charge in [-0.1, -0.05) is 36.4 Å². The monoisotopic (exact) mass is 481 g/mol. The van der Waals surface area contributed by atoms with Crippen LogP contribution in [0.2, 0.25) is 0 Å². The quantitative estimate of drug-likeness (QED) is 0.322. The lowest BCUT2D eigenvalue weighted by Crippen LogP contribution is -2.30. The average molecular weight is 482 g/mol. The van der Waals surface area contributed by atoms with Gasteiger partial charge in [0.05, 0.1) is 11.9 Å². The fraction of sp³-hybridized carbons (Fsp3) is 0.259. The Labute approximate surface area is 208 Å². The van der Waals surface area contributed by atoms with Gasteiger partial charge in [-0.05, 0) is 53.8 Å². The third-order valence-electron chi connectivity index (χ3n) is 6.38. The standard InChI is InChI=1S/C27H27N7S/c1-2-11-33-19-26(30-31-33)22-8-7-21-9-13-32(18-23(21)16-22)27-28-17-25(35-27)15-20-5-3-6-24(14-20)34-12-4-10-29-34/h3-8,10,12,14,16-17,19H,2,9,11,13,15,18H2,1H3. The number of rotatable bonds is 7. The van der Waals surface area contributed by atoms with Crippen LogP contribution < -0.4 is 4.90 Å². The van der Waals surface area contributed by atoms with Crippen molar-refractivity contribution in [3.63, 3.8) is 0 Å². The van der Waals surface area contributed by atoms with E-state index in [1.54, 1.807) is 17.5 Å². The van der Waals surface area contributed by atoms with Gasteiger partial charge in [0, 0.05) is 55.1 Å². The van der Waals surface area contributed by atoms with E-state index in [0.29, 0.717) is 0 Å². The largest absolute Gasteiger partial charge is 0.343 e. The van der Waals surface area contributed by atoms with Crippen molar-refractivity contribution in [2.45, 2.75) is 39.3 Å². The molecule has 5 aromatic rings. The molecule has 0 bridgehead atoms. The van der Waals surface area contributed by atoms with Crippen molar-refractivity contribution >= 4 is 16.5 Å². The van der Waals surface area contributed by atoms with Crippen LogP contribution in [0.3, 0.4) is 0 Å². The van der Waals surface area contributed by atoms with Gasteiger partial charge < -0.3 is 4.90 Å². The molecule has 6 rings (SSSR count). The highest BCUT2D eigenvalue weighted by Crippen LogP contribution is 2.31. The first-order valence-corrected chi connectivity index (χ1v) is 12.9. The SMILES string of the molecule is CCCn1cc(-c2ccc3c(c2)CN(c2ncc(Cc4cccc(-n5cccn5)c4)s2)CC3)nn1. The molecular formula is C27H27N7S. The first kappa shape index (κ1) is 21.7. The summed E-state index contributed by atoms with van der Waals surface area (Å²) in [5, 5.41) is 14.1. The van der Waals surface area contributed by atoms with Gasteiger partial charge in [-0.15, -0.1) is 16.4 Å². The Morgan fingerprint density at radius 3 is 2.91 bits per heavy atom. The van der Waals surface area contributed by atoms with Crippen LogP contribution in [-0.2, 0) is 25.9 Å². The molecule has 3 aromatic heterocycles. The van der Waals surface area contributed by atoms with Crippen molar-refractivity contribution in [2.75, 3.05) is 11.4 Å². The molecule has 1 aliphatic heterocycles. The Balaban J connectivity index is 1.17. The predicted molar refractivity (Wildman–Crippen MR) is 139 cm³/mol. The van der Waals surface area contributed by atoms with E-state index < -0.39 is 0 Å². The topological polar surface area (TPSA) is 64.7 Å². The lowest BCUT2D eigenvalue weighted by molar-refractivity contribution is 0.579. The van der Waals surface area contributed by atoms with Crippen molar-refractivity contribution in [1.82, 2.24) is 29.8 Å². The summed E-state index contributed by atoms with van der Waals surface area (Å²) in [5.74, 6) is 0. The summed E-state index contributed by atoms with van der Waals surface area (Å²) in [6.07, 6.45) is 10.8. The van der Waals surface area contributed by atoms with Crippen LogP contribution in [0.15, 0.2) is 73.3 Å². The molecule has 0 unspecified atom stereocenters. The molecule has 0 radical (unpaired) electrons. The summed E-state index contributed by atoms with van der Waals surface area (Å²) in [4.78, 5) is 8.45. The predicted octanol–water partition coefficient (Wildman–Crippen LogP) is 5.15. The van der Waals surface area contributed by atoms with Crippen LogP contribution in [0.25, 0.3) is 16.9 Å². The minimum Gasteiger partial charge on any atom is -0.343 e. The maximum absolute atomic E-state index is 4.79. The molecule has 0 N–H and O–H groups in total. The van der Waals surface area contributed by atoms with Gasteiger partial charge in [0.1, 0.15) is 5.69 Å². The Kier molecular flexibility index (Phi) is 5.88. The van der Waals surface area contributed by atoms with E-state index in [2.05, 4.69) is 69.7 Å². The maximum Gasteiger partial charge on any atom is 0.185 e. The Hall–Kier alpha value is -3.78. The highest BCUT2D eigenvalue weighted by atomic mass is 32.1. The molecule has 0 atom stereocenters. The molecule has 1 aliphatic rings. The summed E-state index contributed by atoms with van der Waals surface area (Å²) >= 11 is 1.79. The van der Waals surface area contributed by atoms with E-state index in [4.69, 9.17) is 4.98 Å². The van der Waals surface area contributed by atoms with Gasteiger partial charge in [0.15, 0.2) is 5.13 Å². The van der Waals surface area contributed by atoms with Crippen LogP contribution in [0, 0.1) is 0 Å². The number of fused-ring (bicyclic) bond motifs is 1. The zero-order chi connectivity index (χ0) is 23.6. The van der Waals surface area contributed by atoms with Gasteiger partial charge in [-0.25, -0.2) is 9.67 Å². The van der Waals surface area contributed by atoms with Crippen LogP contribution in [0.1, 0.15) is 34.9 Å². The summed E-state index contributed by atoms with van der Waals surface area (Å²) in [6, 6.07) is 17.2. The van der Waals surface area contributed by atoms with Crippen LogP contribution in [0.4, 0.5) is 5.13 Å². The first-order valence-electron chi connectivity index (χ1n) is 12.1. The van der Waals surface area contributed by atoms with E-state index in [1.807, 2.05) is 34.0 Å². The molecule has 0 saturated carbocycles. The smallest absolute Gasteiger partial charge is 0.185 e. The van der Waals surface area contributed by atoms with Crippen molar-refractivity contribution in [1.29, 1.82) is 0 Å². The number of hydrogen-bond acceptors (Lipinski definition) is 6. The second-order valence-electron chi connectivity index (χ2n) is 8.93. The van der Waals surface area contributed by atoms with E-state index in [-0.39, 0.29) is 0 Å². The van der Waals surface area contributed by atoms with E-state index in [0.717, 1.165) is 61.0 Å². The van der Waals surface area contributed by atoms with Gasteiger partial charge >= 0.3 is 0 Å². The minimum absolute atomic E-state index is 0.869. The second-order valence-corrected chi connectivity index (χ2v) is 10.0. The zero-order valence-electron chi connectivity index (χ0n) is 19.7. The summed E-state index contributed by atoms with van der Waals surface area (Å²) in [6.45, 7) is 4.90. The van der Waals surface area contributed by atoms with Crippen LogP contribution in [-0.4, -0.2) is 36.3 Å². The lowest BCUT2D eigenvalue weighted by atomic mass is 9.97. The van der Waals surface area contributed by atoms with E-state index in [9.17, 15) is 0 Å². The highest BCUT2D eigenvalue weighted by molar-refractivity contribution is 7.15. The zero-order valence-corrected chi connectivity index (χ0v) is 20.5. The molecule has 4 heterocycles. The molecule has 0 amide bonds. The lowest BCUT2D eigenvalue weighted by Gasteiger charge is -2.28. The van der Waals surface area contributed by atoms with Gasteiger partial charge in [-0.2, -0.15) is 5.10 Å². The summed E-state index contributed by atoms with van der Waals surface area (Å²) < 4.78 is 3.81. The average Bonchev–Trinajstić information content (AvgIpc) is 3.66. The van der Waals surface area contributed by atoms with Gasteiger partial charge in [0.2, 0.25) is 0 Å². The maximum atomic E-state index is 4.79. The normalized spacial score (nSPS) is 13.2. The Morgan fingerprint density at radius 2 is 2.03 bits per heavy atom. The number of thiazole rings is 1. The Bertz CT molecular complexity index is 1430. The van der Waals surface area contributed by atoms with Crippen molar-refractivity contribution in [3.8, 4) is 16.9 Å². The van der Waals surface area contributed by atoms with Crippen LogP contribution >= 0.6 is 11.3 Å². The number of benzene rings is 2. The summed E-state index contributed by atoms with van der Waals surface area (Å²) in [5.41, 5.74) is 7.17. The molecule has 7 nitrogen and oxygen atoms in total. The number of hydrogen-bond donors (Lipinski definition) is 0. The van der Waals surface area contributed by atoms with Crippen molar-refractivity contribution in [2.24, 2.45) is 0 Å². The molecule has 8 heteroatoms. The van der Waals surface area contributed by atoms with E-state index in [1.165, 1.54) is 21.6 Å². The molecule has 0 spiro atoms. The van der Waals surface area contributed by atoms with Crippen LogP contribution in [0.5, 0.6) is 0 Å². The van der Waals surface area contributed by atoms with Gasteiger partial charge in [0.25, 0.3) is 0 Å². The molecular weight excluding hydrogens is 454 g/mol. The number of aromatic nitrogens is 6. The molecule has 0 aliphatic carbocycles. The third-order valence-corrected chi connectivity index (χ3v) is 7.43. The van der Waals surface area contributed by atoms with Crippen molar-refractivity contribution < 1.29 is 0 Å². The number of nitrogens with zero attached hydrogens (tertiary/aromatic N) is 7. The molecule has 35 heavy (non-hydrogen) atoms. The second kappa shape index (κ2) is 9.46. The third kappa shape index (κ3) is 4.61. The minimum atomic E-state index is 0.869. The molecule has 0 saturated heterocycles. The highest BCUT2D eigenvalue weighted by Gasteiger charge is 2.20. The Morgan fingerprint density at radius 1 is 1.06 bits per heavy atom. The van der Waals surface area contributed by atoms with E-state index >= 15 is 0 Å². The van der Waals surface area contributed by atoms with Gasteiger partial charge in [-0.3, -0.25) is 4.68 Å². The molecule has 0 fully saturated rings. The number of anilines is 1. The molecule has 2 aromatic carbocycles. The fourth-order valence-electron chi connectivity index (χ4n) is 4.61. The first-order chi connectivity index (χ1) is 17.2.